The van der Waals surface area contributed by atoms with Gasteiger partial charge < -0.3 is 21.3 Å². The molecule has 0 radical (unpaired) electrons. The quantitative estimate of drug-likeness (QED) is 0.579. The molecule has 2 aliphatic rings. The van der Waals surface area contributed by atoms with Crippen LogP contribution in [0, 0.1) is 5.82 Å². The van der Waals surface area contributed by atoms with Gasteiger partial charge in [0.2, 0.25) is 0 Å². The Kier molecular flexibility index (Phi) is 7.54. The van der Waals surface area contributed by atoms with E-state index in [1.807, 2.05) is 20.8 Å². The molecule has 1 aromatic carbocycles. The molecule has 4 N–H and O–H groups in total. The Balaban J connectivity index is 1.59. The van der Waals surface area contributed by atoms with Gasteiger partial charge >= 0.3 is 6.03 Å². The number of aryl methyl sites for hydroxylation is 1. The van der Waals surface area contributed by atoms with Gasteiger partial charge in [0, 0.05) is 43.3 Å². The standard InChI is InChI=1S/C26H36FN7O3/c1-26(2,3)21-15-20(32(4)31-21)24(36)33-12-13-34(25(37)30-19-7-5-6-16(27)14-19)23(33)22(35)29-18-10-8-17(28)9-11-18/h5-7,14-15,17-18,23H,8-13,28H2,1-4H3,(H,29,35)(H,30,37). The van der Waals surface area contributed by atoms with Crippen LogP contribution in [0.1, 0.15) is 62.6 Å². The number of nitrogens with one attached hydrogen (secondary N) is 2. The summed E-state index contributed by atoms with van der Waals surface area (Å²) in [5.74, 6) is -1.32. The number of rotatable bonds is 4. The van der Waals surface area contributed by atoms with Gasteiger partial charge in [-0.2, -0.15) is 5.10 Å². The number of halogens is 1. The Labute approximate surface area is 216 Å². The molecule has 0 spiro atoms. The van der Waals surface area contributed by atoms with E-state index in [1.54, 1.807) is 19.2 Å². The Morgan fingerprint density at radius 1 is 1.05 bits per heavy atom. The van der Waals surface area contributed by atoms with Gasteiger partial charge in [-0.05, 0) is 49.9 Å². The van der Waals surface area contributed by atoms with E-state index in [0.29, 0.717) is 5.69 Å². The molecule has 1 saturated heterocycles. The van der Waals surface area contributed by atoms with Gasteiger partial charge in [-0.1, -0.05) is 26.8 Å². The molecule has 1 unspecified atom stereocenters. The van der Waals surface area contributed by atoms with Crippen molar-refractivity contribution in [1.82, 2.24) is 24.9 Å². The van der Waals surface area contributed by atoms with Crippen molar-refractivity contribution < 1.29 is 18.8 Å². The molecule has 4 rings (SSSR count). The van der Waals surface area contributed by atoms with E-state index in [2.05, 4.69) is 15.7 Å². The first-order valence-electron chi connectivity index (χ1n) is 12.7. The van der Waals surface area contributed by atoms with Gasteiger partial charge in [-0.25, -0.2) is 9.18 Å². The van der Waals surface area contributed by atoms with Gasteiger partial charge in [-0.3, -0.25) is 19.2 Å². The summed E-state index contributed by atoms with van der Waals surface area (Å²) in [6.45, 7) is 6.32. The number of amides is 4. The topological polar surface area (TPSA) is 126 Å². The van der Waals surface area contributed by atoms with Crippen molar-refractivity contribution in [2.45, 2.75) is 70.1 Å². The Hall–Kier alpha value is -3.47. The predicted molar refractivity (Wildman–Crippen MR) is 137 cm³/mol. The molecule has 0 bridgehead atoms. The first-order valence-corrected chi connectivity index (χ1v) is 12.7. The fourth-order valence-corrected chi connectivity index (χ4v) is 4.82. The molecule has 37 heavy (non-hydrogen) atoms. The molecule has 2 heterocycles. The second-order valence-electron chi connectivity index (χ2n) is 10.9. The summed E-state index contributed by atoms with van der Waals surface area (Å²) >= 11 is 0. The summed E-state index contributed by atoms with van der Waals surface area (Å²) in [6.07, 6.45) is 1.91. The largest absolute Gasteiger partial charge is 0.350 e. The molecular formula is C26H36FN7O3. The van der Waals surface area contributed by atoms with E-state index in [-0.39, 0.29) is 36.3 Å². The average Bonchev–Trinajstić information content (AvgIpc) is 3.44. The van der Waals surface area contributed by atoms with Crippen LogP contribution in [0.3, 0.4) is 0 Å². The molecule has 1 saturated carbocycles. The first kappa shape index (κ1) is 26.6. The monoisotopic (exact) mass is 513 g/mol. The predicted octanol–water partition coefficient (Wildman–Crippen LogP) is 2.56. The summed E-state index contributed by atoms with van der Waals surface area (Å²) in [5.41, 5.74) is 7.08. The number of urea groups is 1. The van der Waals surface area contributed by atoms with E-state index in [4.69, 9.17) is 5.73 Å². The molecule has 1 aliphatic carbocycles. The van der Waals surface area contributed by atoms with Crippen molar-refractivity contribution in [3.05, 3.63) is 47.5 Å². The molecule has 10 nitrogen and oxygen atoms in total. The second-order valence-corrected chi connectivity index (χ2v) is 10.9. The molecule has 2 fully saturated rings. The van der Waals surface area contributed by atoms with Crippen molar-refractivity contribution in [3.63, 3.8) is 0 Å². The molecular weight excluding hydrogens is 477 g/mol. The van der Waals surface area contributed by atoms with Gasteiger partial charge in [-0.15, -0.1) is 0 Å². The Morgan fingerprint density at radius 3 is 2.35 bits per heavy atom. The van der Waals surface area contributed by atoms with Crippen molar-refractivity contribution in [2.24, 2.45) is 12.8 Å². The lowest BCUT2D eigenvalue weighted by molar-refractivity contribution is -0.128. The number of carbonyl (C=O) groups is 3. The van der Waals surface area contributed by atoms with E-state index in [0.717, 1.165) is 31.4 Å². The number of hydrogen-bond acceptors (Lipinski definition) is 5. The van der Waals surface area contributed by atoms with Crippen LogP contribution in [0.5, 0.6) is 0 Å². The average molecular weight is 514 g/mol. The highest BCUT2D eigenvalue weighted by Gasteiger charge is 2.44. The zero-order chi connectivity index (χ0) is 26.9. The lowest BCUT2D eigenvalue weighted by Gasteiger charge is -2.32. The zero-order valence-corrected chi connectivity index (χ0v) is 21.8. The minimum atomic E-state index is -1.16. The number of nitrogens with two attached hydrogens (primary N) is 1. The van der Waals surface area contributed by atoms with Crippen molar-refractivity contribution >= 4 is 23.5 Å². The maximum absolute atomic E-state index is 13.7. The highest BCUT2D eigenvalue weighted by molar-refractivity contribution is 6.00. The van der Waals surface area contributed by atoms with Crippen LogP contribution < -0.4 is 16.4 Å². The van der Waals surface area contributed by atoms with Crippen LogP contribution >= 0.6 is 0 Å². The van der Waals surface area contributed by atoms with Crippen molar-refractivity contribution in [2.75, 3.05) is 18.4 Å². The van der Waals surface area contributed by atoms with E-state index in [1.165, 1.54) is 32.7 Å². The van der Waals surface area contributed by atoms with Crippen LogP contribution in [-0.2, 0) is 17.3 Å². The number of carbonyl (C=O) groups excluding carboxylic acids is 3. The van der Waals surface area contributed by atoms with Crippen molar-refractivity contribution in [3.8, 4) is 0 Å². The minimum absolute atomic E-state index is 0.0813. The lowest BCUT2D eigenvalue weighted by atomic mass is 9.92. The van der Waals surface area contributed by atoms with Gasteiger partial charge in [0.25, 0.3) is 11.8 Å². The highest BCUT2D eigenvalue weighted by Crippen LogP contribution is 2.25. The Morgan fingerprint density at radius 2 is 1.73 bits per heavy atom. The molecule has 2 aromatic rings. The summed E-state index contributed by atoms with van der Waals surface area (Å²) in [7, 11) is 1.69. The number of benzene rings is 1. The first-order chi connectivity index (χ1) is 17.4. The molecule has 4 amide bonds. The maximum atomic E-state index is 13.7. The normalized spacial score (nSPS) is 22.2. The van der Waals surface area contributed by atoms with Gasteiger partial charge in [0.15, 0.2) is 6.17 Å². The van der Waals surface area contributed by atoms with Gasteiger partial charge in [0.05, 0.1) is 5.69 Å². The maximum Gasteiger partial charge on any atom is 0.323 e. The summed E-state index contributed by atoms with van der Waals surface area (Å²) in [4.78, 5) is 43.2. The fourth-order valence-electron chi connectivity index (χ4n) is 4.82. The number of nitrogens with zero attached hydrogens (tertiary/aromatic N) is 4. The number of aromatic nitrogens is 2. The third-order valence-electron chi connectivity index (χ3n) is 6.99. The van der Waals surface area contributed by atoms with Crippen LogP contribution in [0.4, 0.5) is 14.9 Å². The van der Waals surface area contributed by atoms with E-state index in [9.17, 15) is 18.8 Å². The van der Waals surface area contributed by atoms with E-state index >= 15 is 0 Å². The molecule has 11 heteroatoms. The zero-order valence-electron chi connectivity index (χ0n) is 21.8. The summed E-state index contributed by atoms with van der Waals surface area (Å²) in [5, 5.41) is 10.2. The SMILES string of the molecule is Cn1nc(C(C)(C)C)cc1C(=O)N1CCN(C(=O)Nc2cccc(F)c2)C1C(=O)NC1CCC(N)CC1. The fraction of sp³-hybridized carbons (Fsp3) is 0.538. The summed E-state index contributed by atoms with van der Waals surface area (Å²) in [6, 6.07) is 6.69. The molecule has 1 aliphatic heterocycles. The molecule has 1 aromatic heterocycles. The number of anilines is 1. The van der Waals surface area contributed by atoms with Gasteiger partial charge in [0.1, 0.15) is 11.5 Å². The van der Waals surface area contributed by atoms with Crippen LogP contribution in [0.25, 0.3) is 0 Å². The highest BCUT2D eigenvalue weighted by atomic mass is 19.1. The van der Waals surface area contributed by atoms with Crippen LogP contribution in [0.2, 0.25) is 0 Å². The second kappa shape index (κ2) is 10.5. The Bertz CT molecular complexity index is 1170. The number of hydrogen-bond donors (Lipinski definition) is 3. The minimum Gasteiger partial charge on any atom is -0.350 e. The third kappa shape index (κ3) is 5.93. The summed E-state index contributed by atoms with van der Waals surface area (Å²) < 4.78 is 15.2. The molecule has 1 atom stereocenters. The third-order valence-corrected chi connectivity index (χ3v) is 6.99. The van der Waals surface area contributed by atoms with Crippen LogP contribution in [-0.4, -0.2) is 68.8 Å². The van der Waals surface area contributed by atoms with E-state index < -0.39 is 29.8 Å². The lowest BCUT2D eigenvalue weighted by Crippen LogP contribution is -2.56. The van der Waals surface area contributed by atoms with Crippen LogP contribution in [0.15, 0.2) is 30.3 Å². The smallest absolute Gasteiger partial charge is 0.323 e. The van der Waals surface area contributed by atoms with Crippen molar-refractivity contribution in [1.29, 1.82) is 0 Å². The molecule has 200 valence electrons.